The van der Waals surface area contributed by atoms with Crippen molar-refractivity contribution in [1.82, 2.24) is 10.2 Å². The second-order valence-electron chi connectivity index (χ2n) is 4.22. The van der Waals surface area contributed by atoms with Crippen molar-refractivity contribution in [2.75, 3.05) is 19.7 Å². The van der Waals surface area contributed by atoms with Crippen LogP contribution in [0.5, 0.6) is 5.75 Å². The lowest BCUT2D eigenvalue weighted by atomic mass is 10.2. The van der Waals surface area contributed by atoms with Gasteiger partial charge in [-0.05, 0) is 24.6 Å². The minimum absolute atomic E-state index is 0.126. The van der Waals surface area contributed by atoms with Gasteiger partial charge in [-0.1, -0.05) is 24.3 Å². The van der Waals surface area contributed by atoms with Crippen molar-refractivity contribution in [3.8, 4) is 5.75 Å². The van der Waals surface area contributed by atoms with Gasteiger partial charge in [0.25, 0.3) is 0 Å². The van der Waals surface area contributed by atoms with E-state index in [1.807, 2.05) is 31.2 Å². The predicted octanol–water partition coefficient (Wildman–Crippen LogP) is 2.97. The number of hydrogen-bond donors (Lipinski definition) is 1. The Hall–Kier alpha value is -2.23. The molecule has 0 saturated heterocycles. The quantitative estimate of drug-likeness (QED) is 0.740. The van der Waals surface area contributed by atoms with E-state index in [9.17, 15) is 4.79 Å². The molecule has 0 aromatic heterocycles. The number of urea groups is 1. The molecule has 4 nitrogen and oxygen atoms in total. The van der Waals surface area contributed by atoms with Crippen molar-refractivity contribution in [2.24, 2.45) is 0 Å². The van der Waals surface area contributed by atoms with Gasteiger partial charge in [-0.15, -0.1) is 13.2 Å². The molecule has 0 aliphatic heterocycles. The van der Waals surface area contributed by atoms with Crippen LogP contribution in [0, 0.1) is 0 Å². The Labute approximate surface area is 120 Å². The van der Waals surface area contributed by atoms with E-state index in [1.54, 1.807) is 17.1 Å². The molecule has 0 aliphatic rings. The highest BCUT2D eigenvalue weighted by atomic mass is 16.5. The van der Waals surface area contributed by atoms with Gasteiger partial charge in [0, 0.05) is 19.6 Å². The number of rotatable bonds is 8. The number of benzene rings is 1. The summed E-state index contributed by atoms with van der Waals surface area (Å²) in [6.07, 6.45) is 3.39. The molecule has 108 valence electrons. The van der Waals surface area contributed by atoms with Crippen LogP contribution in [0.15, 0.2) is 49.6 Å². The van der Waals surface area contributed by atoms with Crippen LogP contribution in [-0.4, -0.2) is 30.6 Å². The highest BCUT2D eigenvalue weighted by Crippen LogP contribution is 2.11. The van der Waals surface area contributed by atoms with Crippen LogP contribution in [-0.2, 0) is 6.54 Å². The first-order valence-electron chi connectivity index (χ1n) is 6.67. The van der Waals surface area contributed by atoms with Crippen LogP contribution in [0.25, 0.3) is 0 Å². The summed E-state index contributed by atoms with van der Waals surface area (Å²) in [6.45, 7) is 11.4. The summed E-state index contributed by atoms with van der Waals surface area (Å²) in [5.74, 6) is 0.836. The first-order chi connectivity index (χ1) is 9.71. The maximum absolute atomic E-state index is 12.0. The zero-order valence-electron chi connectivity index (χ0n) is 12.0. The minimum atomic E-state index is -0.126. The Balaban J connectivity index is 2.50. The smallest absolute Gasteiger partial charge is 0.318 e. The van der Waals surface area contributed by atoms with E-state index in [-0.39, 0.29) is 6.03 Å². The molecule has 2 amide bonds. The summed E-state index contributed by atoms with van der Waals surface area (Å²) in [5.41, 5.74) is 1.03. The zero-order chi connectivity index (χ0) is 14.8. The summed E-state index contributed by atoms with van der Waals surface area (Å²) < 4.78 is 5.37. The summed E-state index contributed by atoms with van der Waals surface area (Å²) in [6, 6.07) is 7.55. The molecule has 0 heterocycles. The van der Waals surface area contributed by atoms with Crippen LogP contribution in [0.3, 0.4) is 0 Å². The zero-order valence-corrected chi connectivity index (χ0v) is 12.0. The topological polar surface area (TPSA) is 41.6 Å². The summed E-state index contributed by atoms with van der Waals surface area (Å²) >= 11 is 0. The van der Waals surface area contributed by atoms with Crippen molar-refractivity contribution in [3.63, 3.8) is 0 Å². The normalized spacial score (nSPS) is 9.65. The van der Waals surface area contributed by atoms with Crippen molar-refractivity contribution in [1.29, 1.82) is 0 Å². The first-order valence-corrected chi connectivity index (χ1v) is 6.67. The van der Waals surface area contributed by atoms with Crippen LogP contribution in [0.1, 0.15) is 12.5 Å². The van der Waals surface area contributed by atoms with Gasteiger partial charge < -0.3 is 15.0 Å². The van der Waals surface area contributed by atoms with Crippen LogP contribution >= 0.6 is 0 Å². The third kappa shape index (κ3) is 5.18. The fourth-order valence-electron chi connectivity index (χ4n) is 1.71. The maximum atomic E-state index is 12.0. The third-order valence-electron chi connectivity index (χ3n) is 2.66. The van der Waals surface area contributed by atoms with Crippen LogP contribution < -0.4 is 10.1 Å². The molecule has 1 rings (SSSR count). The maximum Gasteiger partial charge on any atom is 0.318 e. The van der Waals surface area contributed by atoms with E-state index in [1.165, 1.54) is 0 Å². The Bertz CT molecular complexity index is 430. The second-order valence-corrected chi connectivity index (χ2v) is 4.22. The van der Waals surface area contributed by atoms with Gasteiger partial charge in [0.15, 0.2) is 0 Å². The third-order valence-corrected chi connectivity index (χ3v) is 2.66. The van der Waals surface area contributed by atoms with Crippen LogP contribution in [0.2, 0.25) is 0 Å². The number of amides is 2. The van der Waals surface area contributed by atoms with E-state index >= 15 is 0 Å². The van der Waals surface area contributed by atoms with E-state index in [4.69, 9.17) is 4.74 Å². The molecular weight excluding hydrogens is 252 g/mol. The molecule has 0 atom stereocenters. The van der Waals surface area contributed by atoms with Gasteiger partial charge in [-0.2, -0.15) is 0 Å². The molecule has 20 heavy (non-hydrogen) atoms. The molecule has 0 unspecified atom stereocenters. The minimum Gasteiger partial charge on any atom is -0.494 e. The average Bonchev–Trinajstić information content (AvgIpc) is 2.46. The van der Waals surface area contributed by atoms with E-state index in [0.717, 1.165) is 11.3 Å². The van der Waals surface area contributed by atoms with Gasteiger partial charge >= 0.3 is 6.03 Å². The molecule has 1 N–H and O–H groups in total. The summed E-state index contributed by atoms with van der Waals surface area (Å²) in [7, 11) is 0. The molecule has 1 aromatic carbocycles. The predicted molar refractivity (Wildman–Crippen MR) is 81.8 cm³/mol. The lowest BCUT2D eigenvalue weighted by Gasteiger charge is -2.19. The SMILES string of the molecule is C=CCN(CC=C)C(=O)NCc1ccc(OCC)cc1. The Morgan fingerprint density at radius 2 is 1.85 bits per heavy atom. The fourth-order valence-corrected chi connectivity index (χ4v) is 1.71. The number of carbonyl (C=O) groups excluding carboxylic acids is 1. The molecule has 0 saturated carbocycles. The van der Waals surface area contributed by atoms with Gasteiger partial charge in [0.05, 0.1) is 6.61 Å². The van der Waals surface area contributed by atoms with Gasteiger partial charge in [-0.3, -0.25) is 0 Å². The number of nitrogens with one attached hydrogen (secondary N) is 1. The monoisotopic (exact) mass is 274 g/mol. The second kappa shape index (κ2) is 8.80. The lowest BCUT2D eigenvalue weighted by Crippen LogP contribution is -2.39. The standard InChI is InChI=1S/C16H22N2O2/c1-4-11-18(12-5-2)16(19)17-13-14-7-9-15(10-8-14)20-6-3/h4-5,7-10H,1-2,6,11-13H2,3H3,(H,17,19). The first kappa shape index (κ1) is 15.8. The average molecular weight is 274 g/mol. The van der Waals surface area contributed by atoms with Gasteiger partial charge in [0.2, 0.25) is 0 Å². The van der Waals surface area contributed by atoms with Crippen LogP contribution in [0.4, 0.5) is 4.79 Å². The highest BCUT2D eigenvalue weighted by molar-refractivity contribution is 5.74. The molecule has 0 fully saturated rings. The Kier molecular flexibility index (Phi) is 6.96. The molecular formula is C16H22N2O2. The highest BCUT2D eigenvalue weighted by Gasteiger charge is 2.09. The molecule has 0 radical (unpaired) electrons. The summed E-state index contributed by atoms with van der Waals surface area (Å²) in [4.78, 5) is 13.6. The van der Waals surface area contributed by atoms with Crippen molar-refractivity contribution >= 4 is 6.03 Å². The van der Waals surface area contributed by atoms with Gasteiger partial charge in [0.1, 0.15) is 5.75 Å². The van der Waals surface area contributed by atoms with E-state index in [2.05, 4.69) is 18.5 Å². The molecule has 4 heteroatoms. The number of nitrogens with zero attached hydrogens (tertiary/aromatic N) is 1. The summed E-state index contributed by atoms with van der Waals surface area (Å²) in [5, 5.41) is 2.87. The van der Waals surface area contributed by atoms with Crippen molar-refractivity contribution < 1.29 is 9.53 Å². The molecule has 1 aromatic rings. The van der Waals surface area contributed by atoms with Crippen molar-refractivity contribution in [3.05, 3.63) is 55.1 Å². The Morgan fingerprint density at radius 1 is 1.25 bits per heavy atom. The molecule has 0 aliphatic carbocycles. The number of ether oxygens (including phenoxy) is 1. The van der Waals surface area contributed by atoms with Crippen molar-refractivity contribution in [2.45, 2.75) is 13.5 Å². The lowest BCUT2D eigenvalue weighted by molar-refractivity contribution is 0.208. The number of carbonyl (C=O) groups is 1. The largest absolute Gasteiger partial charge is 0.494 e. The van der Waals surface area contributed by atoms with E-state index < -0.39 is 0 Å². The van der Waals surface area contributed by atoms with E-state index in [0.29, 0.717) is 26.2 Å². The fraction of sp³-hybridized carbons (Fsp3) is 0.312. The number of hydrogen-bond acceptors (Lipinski definition) is 2. The molecule has 0 spiro atoms. The van der Waals surface area contributed by atoms with Gasteiger partial charge in [-0.25, -0.2) is 4.79 Å². The molecule has 0 bridgehead atoms. The Morgan fingerprint density at radius 3 is 2.35 bits per heavy atom.